The maximum atomic E-state index is 5.16. The molecule has 6 heteroatoms. The molecule has 0 spiro atoms. The molecule has 108 valence electrons. The molecule has 0 unspecified atom stereocenters. The van der Waals surface area contributed by atoms with Crippen LogP contribution in [0.1, 0.15) is 11.4 Å². The van der Waals surface area contributed by atoms with Gasteiger partial charge in [-0.05, 0) is 19.1 Å². The predicted molar refractivity (Wildman–Crippen MR) is 80.6 cm³/mol. The molecular formula is C15H17N5O. The van der Waals surface area contributed by atoms with Gasteiger partial charge in [0.1, 0.15) is 5.52 Å². The van der Waals surface area contributed by atoms with E-state index in [4.69, 9.17) is 4.74 Å². The van der Waals surface area contributed by atoms with Gasteiger partial charge in [-0.1, -0.05) is 6.07 Å². The summed E-state index contributed by atoms with van der Waals surface area (Å²) >= 11 is 0. The lowest BCUT2D eigenvalue weighted by atomic mass is 10.3. The lowest BCUT2D eigenvalue weighted by molar-refractivity contribution is 0.396. The lowest BCUT2D eigenvalue weighted by Gasteiger charge is -2.18. The molecule has 3 rings (SSSR count). The minimum Gasteiger partial charge on any atom is -0.481 e. The van der Waals surface area contributed by atoms with Crippen molar-refractivity contribution in [2.45, 2.75) is 13.5 Å². The van der Waals surface area contributed by atoms with Crippen molar-refractivity contribution in [2.75, 3.05) is 19.1 Å². The number of fused-ring (bicyclic) bond motifs is 1. The Morgan fingerprint density at radius 2 is 2.19 bits per heavy atom. The van der Waals surface area contributed by atoms with Crippen LogP contribution in [-0.4, -0.2) is 33.7 Å². The summed E-state index contributed by atoms with van der Waals surface area (Å²) in [5, 5.41) is 4.40. The van der Waals surface area contributed by atoms with Crippen LogP contribution in [0, 0.1) is 6.92 Å². The van der Waals surface area contributed by atoms with Crippen LogP contribution in [0.4, 0.5) is 5.82 Å². The van der Waals surface area contributed by atoms with E-state index in [1.54, 1.807) is 13.3 Å². The summed E-state index contributed by atoms with van der Waals surface area (Å²) in [6, 6.07) is 7.77. The Morgan fingerprint density at radius 3 is 3.00 bits per heavy atom. The number of pyridine rings is 1. The van der Waals surface area contributed by atoms with E-state index in [-0.39, 0.29) is 0 Å². The van der Waals surface area contributed by atoms with Crippen molar-refractivity contribution in [1.29, 1.82) is 0 Å². The molecule has 0 fully saturated rings. The maximum absolute atomic E-state index is 5.16. The van der Waals surface area contributed by atoms with Crippen molar-refractivity contribution in [2.24, 2.45) is 0 Å². The van der Waals surface area contributed by atoms with E-state index in [2.05, 4.69) is 20.0 Å². The Bertz CT molecular complexity index is 768. The van der Waals surface area contributed by atoms with Crippen LogP contribution in [-0.2, 0) is 6.54 Å². The predicted octanol–water partition coefficient (Wildman–Crippen LogP) is 2.08. The fourth-order valence-electron chi connectivity index (χ4n) is 2.30. The van der Waals surface area contributed by atoms with Crippen LogP contribution in [0.15, 0.2) is 36.7 Å². The smallest absolute Gasteiger partial charge is 0.213 e. The number of aryl methyl sites for hydroxylation is 1. The molecule has 6 nitrogen and oxygen atoms in total. The monoisotopic (exact) mass is 283 g/mol. The zero-order valence-corrected chi connectivity index (χ0v) is 12.3. The molecular weight excluding hydrogens is 266 g/mol. The average Bonchev–Trinajstić information content (AvgIpc) is 2.87. The highest BCUT2D eigenvalue weighted by Crippen LogP contribution is 2.20. The number of methoxy groups -OCH3 is 1. The second kappa shape index (κ2) is 5.40. The first kappa shape index (κ1) is 13.4. The van der Waals surface area contributed by atoms with Crippen LogP contribution in [0.5, 0.6) is 5.88 Å². The number of hydrogen-bond donors (Lipinski definition) is 0. The molecule has 0 bridgehead atoms. The van der Waals surface area contributed by atoms with Gasteiger partial charge in [0.25, 0.3) is 0 Å². The first-order valence-electron chi connectivity index (χ1n) is 6.69. The van der Waals surface area contributed by atoms with Gasteiger partial charge in [-0.2, -0.15) is 5.10 Å². The molecule has 0 aliphatic carbocycles. The summed E-state index contributed by atoms with van der Waals surface area (Å²) in [5.74, 6) is 1.50. The molecule has 0 aromatic carbocycles. The second-order valence-corrected chi connectivity index (χ2v) is 4.89. The first-order chi connectivity index (χ1) is 10.2. The Kier molecular flexibility index (Phi) is 3.43. The van der Waals surface area contributed by atoms with Crippen molar-refractivity contribution in [3.05, 3.63) is 48.0 Å². The fraction of sp³-hybridized carbons (Fsp3) is 0.267. The number of aromatic nitrogens is 4. The Hall–Kier alpha value is -2.63. The van der Waals surface area contributed by atoms with Gasteiger partial charge in [0, 0.05) is 25.5 Å². The molecule has 0 aliphatic heterocycles. The highest BCUT2D eigenvalue weighted by Gasteiger charge is 2.11. The third-order valence-electron chi connectivity index (χ3n) is 3.24. The number of anilines is 1. The molecule has 0 aliphatic rings. The molecule has 0 atom stereocenters. The van der Waals surface area contributed by atoms with E-state index in [1.165, 1.54) is 0 Å². The van der Waals surface area contributed by atoms with Crippen molar-refractivity contribution in [3.8, 4) is 5.88 Å². The average molecular weight is 283 g/mol. The highest BCUT2D eigenvalue weighted by molar-refractivity contribution is 5.68. The van der Waals surface area contributed by atoms with Gasteiger partial charge in [-0.25, -0.2) is 14.5 Å². The Morgan fingerprint density at radius 1 is 1.33 bits per heavy atom. The summed E-state index contributed by atoms with van der Waals surface area (Å²) < 4.78 is 7.00. The molecule has 3 aromatic heterocycles. The number of hydrogen-bond acceptors (Lipinski definition) is 5. The van der Waals surface area contributed by atoms with Gasteiger partial charge < -0.3 is 9.64 Å². The van der Waals surface area contributed by atoms with Crippen LogP contribution in [0.3, 0.4) is 0 Å². The van der Waals surface area contributed by atoms with E-state index in [9.17, 15) is 0 Å². The van der Waals surface area contributed by atoms with Gasteiger partial charge in [-0.15, -0.1) is 0 Å². The van der Waals surface area contributed by atoms with Gasteiger partial charge in [0.05, 0.1) is 25.0 Å². The van der Waals surface area contributed by atoms with E-state index in [0.717, 1.165) is 22.7 Å². The topological polar surface area (TPSA) is 55.5 Å². The van der Waals surface area contributed by atoms with Crippen molar-refractivity contribution in [1.82, 2.24) is 19.6 Å². The fourth-order valence-corrected chi connectivity index (χ4v) is 2.30. The summed E-state index contributed by atoms with van der Waals surface area (Å²) in [4.78, 5) is 10.9. The summed E-state index contributed by atoms with van der Waals surface area (Å²) in [5.41, 5.74) is 2.88. The van der Waals surface area contributed by atoms with Crippen LogP contribution < -0.4 is 9.64 Å². The minimum absolute atomic E-state index is 0.618. The summed E-state index contributed by atoms with van der Waals surface area (Å²) in [6.07, 6.45) is 3.60. The normalized spacial score (nSPS) is 10.8. The molecule has 21 heavy (non-hydrogen) atoms. The SMILES string of the molecule is COc1cccc(CN(C)c2nccn3nc(C)cc23)n1. The van der Waals surface area contributed by atoms with Crippen LogP contribution in [0.2, 0.25) is 0 Å². The lowest BCUT2D eigenvalue weighted by Crippen LogP contribution is -2.19. The number of ether oxygens (including phenoxy) is 1. The first-order valence-corrected chi connectivity index (χ1v) is 6.69. The van der Waals surface area contributed by atoms with Crippen LogP contribution >= 0.6 is 0 Å². The standard InChI is InChI=1S/C15H17N5O/c1-11-9-13-15(16-7-8-20(13)18-11)19(2)10-12-5-4-6-14(17-12)21-3/h4-9H,10H2,1-3H3. The third-order valence-corrected chi connectivity index (χ3v) is 3.24. The zero-order chi connectivity index (χ0) is 14.8. The molecule has 3 heterocycles. The Labute approximate surface area is 123 Å². The van der Waals surface area contributed by atoms with Gasteiger partial charge in [0.15, 0.2) is 5.82 Å². The van der Waals surface area contributed by atoms with Crippen molar-refractivity contribution in [3.63, 3.8) is 0 Å². The van der Waals surface area contributed by atoms with Crippen molar-refractivity contribution >= 4 is 11.3 Å². The third kappa shape index (κ3) is 2.65. The van der Waals surface area contributed by atoms with Crippen LogP contribution in [0.25, 0.3) is 5.52 Å². The van der Waals surface area contributed by atoms with Gasteiger partial charge in [0.2, 0.25) is 5.88 Å². The van der Waals surface area contributed by atoms with E-state index in [1.807, 2.05) is 48.9 Å². The van der Waals surface area contributed by atoms with E-state index >= 15 is 0 Å². The van der Waals surface area contributed by atoms with E-state index < -0.39 is 0 Å². The summed E-state index contributed by atoms with van der Waals surface area (Å²) in [6.45, 7) is 2.62. The zero-order valence-electron chi connectivity index (χ0n) is 12.3. The number of rotatable bonds is 4. The highest BCUT2D eigenvalue weighted by atomic mass is 16.5. The van der Waals surface area contributed by atoms with E-state index in [0.29, 0.717) is 12.4 Å². The molecule has 0 amide bonds. The Balaban J connectivity index is 1.91. The number of nitrogens with zero attached hydrogens (tertiary/aromatic N) is 5. The second-order valence-electron chi connectivity index (χ2n) is 4.89. The quantitative estimate of drug-likeness (QED) is 0.733. The molecule has 0 saturated carbocycles. The molecule has 0 N–H and O–H groups in total. The maximum Gasteiger partial charge on any atom is 0.213 e. The molecule has 0 saturated heterocycles. The minimum atomic E-state index is 0.618. The van der Waals surface area contributed by atoms with Gasteiger partial charge >= 0.3 is 0 Å². The molecule has 3 aromatic rings. The van der Waals surface area contributed by atoms with Crippen molar-refractivity contribution < 1.29 is 4.74 Å². The largest absolute Gasteiger partial charge is 0.481 e. The molecule has 0 radical (unpaired) electrons. The summed E-state index contributed by atoms with van der Waals surface area (Å²) in [7, 11) is 3.61. The van der Waals surface area contributed by atoms with Gasteiger partial charge in [-0.3, -0.25) is 0 Å².